The van der Waals surface area contributed by atoms with Crippen molar-refractivity contribution < 1.29 is 13.2 Å². The lowest BCUT2D eigenvalue weighted by molar-refractivity contribution is -0.142. The molecule has 0 amide bonds. The van der Waals surface area contributed by atoms with Crippen molar-refractivity contribution in [2.75, 3.05) is 33.2 Å². The minimum Gasteiger partial charge on any atom is -0.315 e. The summed E-state index contributed by atoms with van der Waals surface area (Å²) >= 11 is 0. The van der Waals surface area contributed by atoms with Gasteiger partial charge in [0.1, 0.15) is 0 Å². The van der Waals surface area contributed by atoms with E-state index in [0.29, 0.717) is 13.1 Å². The van der Waals surface area contributed by atoms with E-state index in [1.54, 1.807) is 0 Å². The third-order valence-corrected chi connectivity index (χ3v) is 2.08. The molecular weight excluding hydrogens is 205 g/mol. The van der Waals surface area contributed by atoms with Crippen LogP contribution in [0.2, 0.25) is 0 Å². The topological polar surface area (TPSA) is 15.3 Å². The Morgan fingerprint density at radius 1 is 1.13 bits per heavy atom. The number of likely N-dealkylation sites (N-methyl/N-ethyl adjacent to an activating group) is 1. The maximum atomic E-state index is 11.9. The molecule has 0 aliphatic carbocycles. The first-order valence-corrected chi connectivity index (χ1v) is 5.41. The molecule has 1 N–H and O–H groups in total. The highest BCUT2D eigenvalue weighted by Crippen LogP contribution is 2.14. The third-order valence-electron chi connectivity index (χ3n) is 2.08. The van der Waals surface area contributed by atoms with Gasteiger partial charge in [0, 0.05) is 13.1 Å². The first-order chi connectivity index (χ1) is 6.95. The molecule has 0 aromatic carbocycles. The van der Waals surface area contributed by atoms with Crippen molar-refractivity contribution in [1.82, 2.24) is 10.2 Å². The Hall–Kier alpha value is -0.290. The maximum absolute atomic E-state index is 11.9. The van der Waals surface area contributed by atoms with Crippen LogP contribution in [0.25, 0.3) is 0 Å². The molecule has 0 aliphatic heterocycles. The summed E-state index contributed by atoms with van der Waals surface area (Å²) in [5.41, 5.74) is 0. The second-order valence-corrected chi connectivity index (χ2v) is 3.81. The highest BCUT2D eigenvalue weighted by Gasteiger charge is 2.28. The first-order valence-electron chi connectivity index (χ1n) is 5.41. The Bertz CT molecular complexity index is 148. The fourth-order valence-corrected chi connectivity index (χ4v) is 1.28. The van der Waals surface area contributed by atoms with Crippen LogP contribution in [0.1, 0.15) is 26.2 Å². The molecule has 5 heteroatoms. The summed E-state index contributed by atoms with van der Waals surface area (Å²) in [4.78, 5) is 1.28. The van der Waals surface area contributed by atoms with Gasteiger partial charge in [-0.1, -0.05) is 19.8 Å². The summed E-state index contributed by atoms with van der Waals surface area (Å²) in [6.45, 7) is 3.25. The zero-order valence-corrected chi connectivity index (χ0v) is 9.53. The van der Waals surface area contributed by atoms with Gasteiger partial charge in [0.2, 0.25) is 0 Å². The molecule has 0 unspecified atom stereocenters. The van der Waals surface area contributed by atoms with Crippen LogP contribution in [0, 0.1) is 0 Å². The van der Waals surface area contributed by atoms with Crippen LogP contribution in [0.4, 0.5) is 13.2 Å². The first kappa shape index (κ1) is 14.7. The summed E-state index contributed by atoms with van der Waals surface area (Å²) in [5, 5.41) is 3.13. The number of hydrogen-bond donors (Lipinski definition) is 1. The summed E-state index contributed by atoms with van der Waals surface area (Å²) in [7, 11) is 1.49. The minimum absolute atomic E-state index is 0.436. The monoisotopic (exact) mass is 226 g/mol. The summed E-state index contributed by atoms with van der Waals surface area (Å²) in [6, 6.07) is 0. The molecule has 0 radical (unpaired) electrons. The predicted octanol–water partition coefficient (Wildman–Crippen LogP) is 2.26. The standard InChI is InChI=1S/C10H21F3N2/c1-3-4-5-6-14-7-8-15(2)9-10(11,12)13/h14H,3-9H2,1-2H3. The van der Waals surface area contributed by atoms with Gasteiger partial charge in [-0.2, -0.15) is 13.2 Å². The lowest BCUT2D eigenvalue weighted by Crippen LogP contribution is -2.36. The van der Waals surface area contributed by atoms with E-state index in [2.05, 4.69) is 12.2 Å². The fraction of sp³-hybridized carbons (Fsp3) is 1.00. The molecule has 0 atom stereocenters. The van der Waals surface area contributed by atoms with E-state index in [4.69, 9.17) is 0 Å². The van der Waals surface area contributed by atoms with Crippen LogP contribution in [0.15, 0.2) is 0 Å². The molecule has 0 aliphatic rings. The molecule has 0 bridgehead atoms. The van der Waals surface area contributed by atoms with Crippen molar-refractivity contribution in [3.05, 3.63) is 0 Å². The Labute approximate surface area is 89.8 Å². The van der Waals surface area contributed by atoms with E-state index in [1.165, 1.54) is 18.4 Å². The number of nitrogens with zero attached hydrogens (tertiary/aromatic N) is 1. The Morgan fingerprint density at radius 3 is 2.33 bits per heavy atom. The molecule has 0 spiro atoms. The number of unbranched alkanes of at least 4 members (excludes halogenated alkanes) is 2. The number of alkyl halides is 3. The van der Waals surface area contributed by atoms with Gasteiger partial charge < -0.3 is 5.32 Å². The summed E-state index contributed by atoms with van der Waals surface area (Å²) in [5.74, 6) is 0. The van der Waals surface area contributed by atoms with E-state index in [9.17, 15) is 13.2 Å². The number of nitrogens with one attached hydrogen (secondary N) is 1. The molecule has 0 heterocycles. The second kappa shape index (κ2) is 7.93. The third kappa shape index (κ3) is 11.6. The molecule has 2 nitrogen and oxygen atoms in total. The molecule has 0 aromatic rings. The van der Waals surface area contributed by atoms with Crippen LogP contribution in [-0.4, -0.2) is 44.3 Å². The lowest BCUT2D eigenvalue weighted by Gasteiger charge is -2.18. The molecule has 0 rings (SSSR count). The molecule has 0 aromatic heterocycles. The van der Waals surface area contributed by atoms with Crippen molar-refractivity contribution in [3.8, 4) is 0 Å². The Balaban J connectivity index is 3.28. The van der Waals surface area contributed by atoms with Crippen molar-refractivity contribution in [2.24, 2.45) is 0 Å². The maximum Gasteiger partial charge on any atom is 0.401 e. The number of halogens is 3. The van der Waals surface area contributed by atoms with Crippen molar-refractivity contribution in [3.63, 3.8) is 0 Å². The number of hydrogen-bond acceptors (Lipinski definition) is 2. The van der Waals surface area contributed by atoms with E-state index in [-0.39, 0.29) is 0 Å². The van der Waals surface area contributed by atoms with Gasteiger partial charge in [0.05, 0.1) is 6.54 Å². The van der Waals surface area contributed by atoms with Gasteiger partial charge in [-0.15, -0.1) is 0 Å². The average Bonchev–Trinajstić information content (AvgIpc) is 2.08. The van der Waals surface area contributed by atoms with Crippen LogP contribution < -0.4 is 5.32 Å². The van der Waals surface area contributed by atoms with Crippen LogP contribution in [0.3, 0.4) is 0 Å². The summed E-state index contributed by atoms with van der Waals surface area (Å²) in [6.07, 6.45) is -0.655. The van der Waals surface area contributed by atoms with Crippen LogP contribution in [-0.2, 0) is 0 Å². The van der Waals surface area contributed by atoms with Crippen molar-refractivity contribution in [1.29, 1.82) is 0 Å². The Morgan fingerprint density at radius 2 is 1.80 bits per heavy atom. The Kier molecular flexibility index (Phi) is 7.78. The smallest absolute Gasteiger partial charge is 0.315 e. The van der Waals surface area contributed by atoms with Gasteiger partial charge in [0.25, 0.3) is 0 Å². The molecule has 15 heavy (non-hydrogen) atoms. The largest absolute Gasteiger partial charge is 0.401 e. The highest BCUT2D eigenvalue weighted by molar-refractivity contribution is 4.60. The average molecular weight is 226 g/mol. The molecule has 0 saturated carbocycles. The number of rotatable bonds is 8. The summed E-state index contributed by atoms with van der Waals surface area (Å²) < 4.78 is 35.8. The van der Waals surface area contributed by atoms with Crippen molar-refractivity contribution >= 4 is 0 Å². The van der Waals surface area contributed by atoms with E-state index >= 15 is 0 Å². The molecule has 92 valence electrons. The van der Waals surface area contributed by atoms with E-state index in [0.717, 1.165) is 19.4 Å². The highest BCUT2D eigenvalue weighted by atomic mass is 19.4. The van der Waals surface area contributed by atoms with Gasteiger partial charge in [-0.05, 0) is 20.0 Å². The zero-order valence-electron chi connectivity index (χ0n) is 9.53. The van der Waals surface area contributed by atoms with Crippen LogP contribution in [0.5, 0.6) is 0 Å². The molecule has 0 fully saturated rings. The van der Waals surface area contributed by atoms with E-state index < -0.39 is 12.7 Å². The predicted molar refractivity (Wildman–Crippen MR) is 55.9 cm³/mol. The minimum atomic E-state index is -4.09. The van der Waals surface area contributed by atoms with Crippen molar-refractivity contribution in [2.45, 2.75) is 32.4 Å². The normalized spacial score (nSPS) is 12.4. The van der Waals surface area contributed by atoms with Gasteiger partial charge >= 0.3 is 6.18 Å². The lowest BCUT2D eigenvalue weighted by atomic mass is 10.2. The van der Waals surface area contributed by atoms with Crippen LogP contribution >= 0.6 is 0 Å². The van der Waals surface area contributed by atoms with E-state index in [1.807, 2.05) is 0 Å². The van der Waals surface area contributed by atoms with Gasteiger partial charge in [-0.25, -0.2) is 0 Å². The quantitative estimate of drug-likeness (QED) is 0.639. The SMILES string of the molecule is CCCCCNCCN(C)CC(F)(F)F. The second-order valence-electron chi connectivity index (χ2n) is 3.81. The molecule has 0 saturated heterocycles. The van der Waals surface area contributed by atoms with Gasteiger partial charge in [-0.3, -0.25) is 4.90 Å². The van der Waals surface area contributed by atoms with Gasteiger partial charge in [0.15, 0.2) is 0 Å². The zero-order chi connectivity index (χ0) is 11.7. The molecular formula is C10H21F3N2. The fourth-order valence-electron chi connectivity index (χ4n) is 1.28.